The lowest BCUT2D eigenvalue weighted by molar-refractivity contribution is 0.962. The number of nitrogens with zero attached hydrogens (tertiary/aromatic N) is 4. The number of allylic oxidation sites excluding steroid dienone is 11. The van der Waals surface area contributed by atoms with Gasteiger partial charge in [0, 0.05) is 19.7 Å². The minimum atomic E-state index is 0.756. The molecule has 0 radical (unpaired) electrons. The van der Waals surface area contributed by atoms with Gasteiger partial charge in [-0.15, -0.1) is 10.2 Å². The maximum Gasteiger partial charge on any atom is 0.231 e. The van der Waals surface area contributed by atoms with Crippen LogP contribution in [0.1, 0.15) is 26.6 Å². The van der Waals surface area contributed by atoms with E-state index in [0.717, 1.165) is 23.0 Å². The third-order valence-electron chi connectivity index (χ3n) is 3.05. The Labute approximate surface area is 139 Å². The van der Waals surface area contributed by atoms with Gasteiger partial charge in [-0.1, -0.05) is 49.1 Å². The lowest BCUT2D eigenvalue weighted by Gasteiger charge is -2.16. The standard InChI is InChI=1S/C19H26N4/c1-7-11-14-16(13-9-3)18-20-21-19(22(5)6)23(18)17(10-4)15-12-8-2/h7-15H,4H2,1-3,5-6H3/b11-7-,12-8-,13-9-,16-14+,17-15+. The molecule has 0 aliphatic heterocycles. The number of anilines is 1. The van der Waals surface area contributed by atoms with Crippen molar-refractivity contribution in [1.82, 2.24) is 14.8 Å². The summed E-state index contributed by atoms with van der Waals surface area (Å²) in [7, 11) is 3.90. The van der Waals surface area contributed by atoms with Crippen molar-refractivity contribution in [2.45, 2.75) is 20.8 Å². The molecule has 0 aromatic carbocycles. The van der Waals surface area contributed by atoms with Crippen LogP contribution in [-0.4, -0.2) is 28.9 Å². The molecule has 0 aliphatic carbocycles. The number of hydrogen-bond acceptors (Lipinski definition) is 3. The summed E-state index contributed by atoms with van der Waals surface area (Å²) in [4.78, 5) is 1.94. The lowest BCUT2D eigenvalue weighted by Crippen LogP contribution is -2.15. The van der Waals surface area contributed by atoms with Gasteiger partial charge in [0.25, 0.3) is 0 Å². The van der Waals surface area contributed by atoms with Crippen LogP contribution in [0.4, 0.5) is 5.95 Å². The Morgan fingerprint density at radius 2 is 1.65 bits per heavy atom. The van der Waals surface area contributed by atoms with Gasteiger partial charge in [-0.25, -0.2) is 0 Å². The highest BCUT2D eigenvalue weighted by Gasteiger charge is 2.17. The maximum absolute atomic E-state index is 4.39. The van der Waals surface area contributed by atoms with Crippen LogP contribution < -0.4 is 4.90 Å². The molecule has 1 aromatic heterocycles. The van der Waals surface area contributed by atoms with Gasteiger partial charge >= 0.3 is 0 Å². The van der Waals surface area contributed by atoms with Crippen LogP contribution in [0.25, 0.3) is 11.3 Å². The van der Waals surface area contributed by atoms with Gasteiger partial charge in [0.05, 0.1) is 5.70 Å². The van der Waals surface area contributed by atoms with Crippen molar-refractivity contribution in [3.63, 3.8) is 0 Å². The zero-order chi connectivity index (χ0) is 17.2. The van der Waals surface area contributed by atoms with Crippen LogP contribution in [0.15, 0.2) is 61.3 Å². The van der Waals surface area contributed by atoms with Crippen LogP contribution in [-0.2, 0) is 0 Å². The van der Waals surface area contributed by atoms with Crippen molar-refractivity contribution in [3.05, 3.63) is 67.1 Å². The molecule has 4 heteroatoms. The van der Waals surface area contributed by atoms with E-state index in [4.69, 9.17) is 0 Å². The van der Waals surface area contributed by atoms with Crippen LogP contribution in [0.5, 0.6) is 0 Å². The largest absolute Gasteiger partial charge is 0.347 e. The molecule has 0 atom stereocenters. The van der Waals surface area contributed by atoms with E-state index in [1.165, 1.54) is 0 Å². The molecule has 0 saturated heterocycles. The van der Waals surface area contributed by atoms with E-state index in [-0.39, 0.29) is 0 Å². The smallest absolute Gasteiger partial charge is 0.231 e. The van der Waals surface area contributed by atoms with E-state index < -0.39 is 0 Å². The fourth-order valence-corrected chi connectivity index (χ4v) is 2.00. The highest BCUT2D eigenvalue weighted by Crippen LogP contribution is 2.24. The fraction of sp³-hybridized carbons (Fsp3) is 0.263. The van der Waals surface area contributed by atoms with Crippen molar-refractivity contribution >= 4 is 17.2 Å². The number of hydrogen-bond donors (Lipinski definition) is 0. The Bertz CT molecular complexity index is 668. The van der Waals surface area contributed by atoms with Crippen molar-refractivity contribution in [2.75, 3.05) is 19.0 Å². The predicted octanol–water partition coefficient (Wildman–Crippen LogP) is 4.48. The first kappa shape index (κ1) is 18.4. The zero-order valence-electron chi connectivity index (χ0n) is 14.7. The van der Waals surface area contributed by atoms with Gasteiger partial charge in [-0.3, -0.25) is 4.57 Å². The molecule has 0 aliphatic rings. The molecule has 0 fully saturated rings. The molecule has 122 valence electrons. The van der Waals surface area contributed by atoms with Crippen LogP contribution in [0, 0.1) is 0 Å². The summed E-state index contributed by atoms with van der Waals surface area (Å²) in [6.45, 7) is 9.89. The molecule has 0 amide bonds. The van der Waals surface area contributed by atoms with Crippen LogP contribution in [0.3, 0.4) is 0 Å². The van der Waals surface area contributed by atoms with E-state index in [0.29, 0.717) is 0 Å². The van der Waals surface area contributed by atoms with Crippen LogP contribution in [0.2, 0.25) is 0 Å². The van der Waals surface area contributed by atoms with Gasteiger partial charge in [-0.2, -0.15) is 0 Å². The molecular weight excluding hydrogens is 284 g/mol. The second kappa shape index (κ2) is 9.41. The number of aromatic nitrogens is 3. The summed E-state index contributed by atoms with van der Waals surface area (Å²) in [6, 6.07) is 0. The first-order valence-corrected chi connectivity index (χ1v) is 7.65. The molecule has 23 heavy (non-hydrogen) atoms. The molecule has 1 aromatic rings. The van der Waals surface area contributed by atoms with Gasteiger partial charge in [0.1, 0.15) is 0 Å². The molecule has 0 bridgehead atoms. The monoisotopic (exact) mass is 310 g/mol. The average Bonchev–Trinajstić information content (AvgIpc) is 2.97. The second-order valence-corrected chi connectivity index (χ2v) is 5.02. The lowest BCUT2D eigenvalue weighted by atomic mass is 10.2. The first-order valence-electron chi connectivity index (χ1n) is 7.65. The third kappa shape index (κ3) is 4.68. The Kier molecular flexibility index (Phi) is 7.54. The fourth-order valence-electron chi connectivity index (χ4n) is 2.00. The summed E-state index contributed by atoms with van der Waals surface area (Å²) < 4.78 is 2.00. The third-order valence-corrected chi connectivity index (χ3v) is 3.05. The molecule has 1 rings (SSSR count). The second-order valence-electron chi connectivity index (χ2n) is 5.02. The molecule has 0 spiro atoms. The number of rotatable bonds is 7. The molecule has 0 unspecified atom stereocenters. The predicted molar refractivity (Wildman–Crippen MR) is 101 cm³/mol. The molecule has 0 N–H and O–H groups in total. The first-order chi connectivity index (χ1) is 11.1. The van der Waals surface area contributed by atoms with Crippen molar-refractivity contribution in [2.24, 2.45) is 0 Å². The topological polar surface area (TPSA) is 34.0 Å². The van der Waals surface area contributed by atoms with Gasteiger partial charge in [0.15, 0.2) is 5.82 Å². The Balaban J connectivity index is 3.64. The zero-order valence-corrected chi connectivity index (χ0v) is 14.7. The van der Waals surface area contributed by atoms with Gasteiger partial charge in [0.2, 0.25) is 5.95 Å². The van der Waals surface area contributed by atoms with Crippen molar-refractivity contribution in [3.8, 4) is 0 Å². The van der Waals surface area contributed by atoms with E-state index in [1.54, 1.807) is 0 Å². The average molecular weight is 310 g/mol. The SMILES string of the molecule is C=C/C(=C\C=C/C)n1c(C(/C=C\C)=C/C=C\C)nnc1N(C)C. The van der Waals surface area contributed by atoms with Crippen LogP contribution >= 0.6 is 0 Å². The summed E-state index contributed by atoms with van der Waals surface area (Å²) in [5, 5.41) is 8.72. The van der Waals surface area contributed by atoms with Crippen molar-refractivity contribution < 1.29 is 0 Å². The normalized spacial score (nSPS) is 13.6. The summed E-state index contributed by atoms with van der Waals surface area (Å²) >= 11 is 0. The quantitative estimate of drug-likeness (QED) is 0.696. The molecule has 4 nitrogen and oxygen atoms in total. The highest BCUT2D eigenvalue weighted by molar-refractivity contribution is 5.76. The van der Waals surface area contributed by atoms with Gasteiger partial charge < -0.3 is 4.90 Å². The molecule has 0 saturated carbocycles. The minimum Gasteiger partial charge on any atom is -0.347 e. The van der Waals surface area contributed by atoms with E-state index in [9.17, 15) is 0 Å². The Morgan fingerprint density at radius 3 is 2.17 bits per heavy atom. The Hall–Kier alpha value is -2.62. The Morgan fingerprint density at radius 1 is 1.00 bits per heavy atom. The maximum atomic E-state index is 4.39. The van der Waals surface area contributed by atoms with E-state index in [1.807, 2.05) is 99.0 Å². The van der Waals surface area contributed by atoms with Gasteiger partial charge in [-0.05, 0) is 32.9 Å². The summed E-state index contributed by atoms with van der Waals surface area (Å²) in [5.74, 6) is 1.53. The summed E-state index contributed by atoms with van der Waals surface area (Å²) in [6.07, 6.45) is 17.8. The molecule has 1 heterocycles. The van der Waals surface area contributed by atoms with E-state index in [2.05, 4.69) is 16.8 Å². The van der Waals surface area contributed by atoms with E-state index >= 15 is 0 Å². The van der Waals surface area contributed by atoms with Crippen molar-refractivity contribution in [1.29, 1.82) is 0 Å². The molecular formula is C19H26N4. The summed E-state index contributed by atoms with van der Waals surface area (Å²) in [5.41, 5.74) is 1.90. The minimum absolute atomic E-state index is 0.756. The highest BCUT2D eigenvalue weighted by atomic mass is 15.4.